The number of nitrogens with two attached hydrogens (primary N) is 3. The first-order chi connectivity index (χ1) is 28.0. The Hall–Kier alpha value is -5.84. The van der Waals surface area contributed by atoms with Crippen molar-refractivity contribution in [2.75, 3.05) is 40.4 Å². The summed E-state index contributed by atoms with van der Waals surface area (Å²) in [7, 11) is 3.40. The van der Waals surface area contributed by atoms with E-state index in [1.54, 1.807) is 14.2 Å². The zero-order valence-corrected chi connectivity index (χ0v) is 35.2. The van der Waals surface area contributed by atoms with Crippen molar-refractivity contribution < 1.29 is 70.0 Å². The molecule has 2 aromatic heterocycles. The molecule has 6 rings (SSSR count). The maximum absolute atomic E-state index is 8.89. The SMILES string of the molecule is CC(=O)[O-].CC(=O)[O-].CC(=O)[O-].CC(=O)[O-].COc1ccc2nc3cc(Cl)ccc3c([NH2+]CCC[NH2+]CCC[NH2+]c3c4ccc(Cl)cc4[nH+]c4ccc(OC)cc34)c2c1. The molecule has 0 saturated carbocycles. The summed E-state index contributed by atoms with van der Waals surface area (Å²) in [5, 5.41) is 48.6. The summed E-state index contributed by atoms with van der Waals surface area (Å²) in [6.45, 7) is 8.03. The van der Waals surface area contributed by atoms with Gasteiger partial charge in [-0.2, -0.15) is 0 Å². The van der Waals surface area contributed by atoms with Crippen LogP contribution in [-0.2, 0) is 19.2 Å². The van der Waals surface area contributed by atoms with Gasteiger partial charge in [-0.3, -0.25) is 0 Å². The van der Waals surface area contributed by atoms with Crippen molar-refractivity contribution in [3.05, 3.63) is 82.8 Å². The van der Waals surface area contributed by atoms with Crippen LogP contribution in [0.1, 0.15) is 40.5 Å². The summed E-state index contributed by atoms with van der Waals surface area (Å²) in [5.41, 5.74) is 6.39. The highest BCUT2D eigenvalue weighted by molar-refractivity contribution is 6.31. The second kappa shape index (κ2) is 25.5. The number of rotatable bonds is 12. The van der Waals surface area contributed by atoms with E-state index in [1.807, 2.05) is 42.5 Å². The number of benzene rings is 4. The Bertz CT molecular complexity index is 2160. The van der Waals surface area contributed by atoms with E-state index in [0.717, 1.165) is 121 Å². The van der Waals surface area contributed by atoms with E-state index in [2.05, 4.69) is 51.3 Å². The summed E-state index contributed by atoms with van der Waals surface area (Å²) in [6.07, 6.45) is 2.19. The number of methoxy groups -OCH3 is 2. The predicted octanol–water partition coefficient (Wildman–Crippen LogP) is -0.709. The molecule has 17 heteroatoms. The topological polar surface area (TPSA) is 256 Å². The normalized spacial score (nSPS) is 10.2. The average Bonchev–Trinajstić information content (AvgIpc) is 3.15. The van der Waals surface area contributed by atoms with Gasteiger partial charge >= 0.3 is 0 Å². The summed E-state index contributed by atoms with van der Waals surface area (Å²) >= 11 is 12.6. The monoisotopic (exact) mass is 853 g/mol. The van der Waals surface area contributed by atoms with Gasteiger partial charge in [-0.05, 0) is 82.3 Å². The maximum Gasteiger partial charge on any atom is 0.218 e. The number of nitrogens with zero attached hydrogens (tertiary/aromatic N) is 1. The van der Waals surface area contributed by atoms with Crippen LogP contribution in [0.25, 0.3) is 43.6 Å². The van der Waals surface area contributed by atoms with Crippen LogP contribution in [-0.4, -0.2) is 69.3 Å². The largest absolute Gasteiger partial charge is 0.550 e. The number of ether oxygens (including phenoxy) is 2. The quantitative estimate of drug-likeness (QED) is 0.102. The van der Waals surface area contributed by atoms with Crippen LogP contribution in [0.3, 0.4) is 0 Å². The lowest BCUT2D eigenvalue weighted by molar-refractivity contribution is -0.668. The Labute approximate surface area is 351 Å². The third kappa shape index (κ3) is 17.7. The number of aliphatic carboxylic acids is 4. The van der Waals surface area contributed by atoms with Gasteiger partial charge in [0, 0.05) is 65.0 Å². The molecule has 7 N–H and O–H groups in total. The van der Waals surface area contributed by atoms with Gasteiger partial charge in [-0.15, -0.1) is 0 Å². The van der Waals surface area contributed by atoms with Gasteiger partial charge < -0.3 is 65.0 Å². The van der Waals surface area contributed by atoms with Crippen molar-refractivity contribution in [3.63, 3.8) is 0 Å². The molecule has 15 nitrogen and oxygen atoms in total. The molecular formula is C42H49Cl2N5O10. The van der Waals surface area contributed by atoms with E-state index in [4.69, 9.17) is 77.3 Å². The van der Waals surface area contributed by atoms with Gasteiger partial charge in [0.2, 0.25) is 11.0 Å². The molecule has 0 bridgehead atoms. The van der Waals surface area contributed by atoms with Crippen molar-refractivity contribution in [1.82, 2.24) is 4.98 Å². The fourth-order valence-electron chi connectivity index (χ4n) is 5.78. The molecule has 0 spiro atoms. The number of carbonyl (C=O) groups is 4. The number of carboxylic acids is 4. The second-order valence-electron chi connectivity index (χ2n) is 12.7. The van der Waals surface area contributed by atoms with Crippen LogP contribution in [0.2, 0.25) is 10.0 Å². The first-order valence-electron chi connectivity index (χ1n) is 18.3. The molecule has 0 unspecified atom stereocenters. The fraction of sp³-hybridized carbons (Fsp3) is 0.286. The standard InChI is InChI=1S/C34H33Cl2N5O2.4C2H4O2/c1-42-23-7-11-29-27(19-23)33(25-9-5-21(35)17-31(25)40-29)38-15-3-13-37-14-4-16-39-34-26-10-6-22(36)18-32(26)41-30-12-8-24(43-2)20-28(30)34;4*1-2(3)4/h5-12,17-20,37H,3-4,13-16H2,1-2H3,(H,38,40)(H,39,41);4*1H3,(H,3,4). The predicted molar refractivity (Wildman–Crippen MR) is 217 cm³/mol. The summed E-state index contributed by atoms with van der Waals surface area (Å²) < 4.78 is 11.0. The smallest absolute Gasteiger partial charge is 0.218 e. The Kier molecular flexibility index (Phi) is 21.3. The molecule has 0 radical (unpaired) electrons. The number of H-pyrrole nitrogens is 1. The highest BCUT2D eigenvalue weighted by Gasteiger charge is 2.19. The van der Waals surface area contributed by atoms with Gasteiger partial charge in [0.1, 0.15) is 28.0 Å². The Morgan fingerprint density at radius 3 is 1.54 bits per heavy atom. The molecule has 0 saturated heterocycles. The molecular weight excluding hydrogens is 805 g/mol. The molecule has 59 heavy (non-hydrogen) atoms. The van der Waals surface area contributed by atoms with E-state index in [9.17, 15) is 0 Å². The summed E-state index contributed by atoms with van der Waals surface area (Å²) in [4.78, 5) is 43.9. The van der Waals surface area contributed by atoms with E-state index in [-0.39, 0.29) is 0 Å². The zero-order valence-electron chi connectivity index (χ0n) is 33.7. The number of hydrogen-bond donors (Lipinski definition) is 3. The molecule has 4 aromatic carbocycles. The molecule has 0 aliphatic carbocycles. The minimum Gasteiger partial charge on any atom is -0.550 e. The molecule has 2 heterocycles. The van der Waals surface area contributed by atoms with Crippen LogP contribution in [0.5, 0.6) is 11.5 Å². The van der Waals surface area contributed by atoms with Gasteiger partial charge in [-0.1, -0.05) is 23.2 Å². The Morgan fingerprint density at radius 2 is 1.02 bits per heavy atom. The molecule has 0 fully saturated rings. The summed E-state index contributed by atoms with van der Waals surface area (Å²) in [5.74, 6) is -2.65. The fourth-order valence-corrected chi connectivity index (χ4v) is 6.12. The highest BCUT2D eigenvalue weighted by Crippen LogP contribution is 2.32. The number of nitrogens with one attached hydrogen (secondary N) is 1. The van der Waals surface area contributed by atoms with Crippen LogP contribution in [0.4, 0.5) is 11.4 Å². The van der Waals surface area contributed by atoms with Gasteiger partial charge in [0.05, 0.1) is 62.2 Å². The summed E-state index contributed by atoms with van der Waals surface area (Å²) in [6, 6.07) is 24.2. The third-order valence-electron chi connectivity index (χ3n) is 7.96. The lowest BCUT2D eigenvalue weighted by atomic mass is 10.1. The number of carbonyl (C=O) groups excluding carboxylic acids is 4. The maximum atomic E-state index is 8.89. The van der Waals surface area contributed by atoms with Gasteiger partial charge in [0.15, 0.2) is 5.69 Å². The first kappa shape index (κ1) is 49.3. The van der Waals surface area contributed by atoms with E-state index in [0.29, 0.717) is 5.02 Å². The van der Waals surface area contributed by atoms with Crippen molar-refractivity contribution in [3.8, 4) is 11.5 Å². The molecule has 6 aromatic rings. The van der Waals surface area contributed by atoms with Gasteiger partial charge in [0.25, 0.3) is 0 Å². The van der Waals surface area contributed by atoms with Crippen molar-refractivity contribution in [2.45, 2.75) is 40.5 Å². The number of pyridine rings is 2. The molecule has 316 valence electrons. The van der Waals surface area contributed by atoms with Crippen LogP contribution in [0, 0.1) is 0 Å². The number of halogens is 2. The van der Waals surface area contributed by atoms with E-state index in [1.165, 1.54) is 16.8 Å². The van der Waals surface area contributed by atoms with E-state index < -0.39 is 23.9 Å². The molecule has 0 aliphatic heterocycles. The van der Waals surface area contributed by atoms with Gasteiger partial charge in [-0.25, -0.2) is 9.97 Å². The number of aromatic nitrogens is 2. The number of hydrogen-bond acceptors (Lipinski definition) is 11. The molecule has 0 atom stereocenters. The number of quaternary nitrogens is 3. The van der Waals surface area contributed by atoms with Crippen LogP contribution < -0.4 is 50.8 Å². The second-order valence-corrected chi connectivity index (χ2v) is 13.6. The minimum atomic E-state index is -1.08. The Morgan fingerprint density at radius 1 is 0.559 bits per heavy atom. The first-order valence-corrected chi connectivity index (χ1v) is 19.1. The van der Waals surface area contributed by atoms with Crippen molar-refractivity contribution in [2.24, 2.45) is 0 Å². The average molecular weight is 855 g/mol. The number of fused-ring (bicyclic) bond motifs is 4. The number of carboxylic acid groups (broad SMARTS) is 4. The highest BCUT2D eigenvalue weighted by atomic mass is 35.5. The minimum absolute atomic E-state index is 0.696. The third-order valence-corrected chi connectivity index (χ3v) is 8.43. The Balaban J connectivity index is 0.000000644. The van der Waals surface area contributed by atoms with Crippen LogP contribution in [0.15, 0.2) is 72.8 Å². The number of aromatic amines is 1. The molecule has 0 amide bonds. The van der Waals surface area contributed by atoms with E-state index >= 15 is 0 Å². The van der Waals surface area contributed by atoms with Crippen LogP contribution >= 0.6 is 23.2 Å². The van der Waals surface area contributed by atoms with Crippen molar-refractivity contribution in [1.29, 1.82) is 0 Å². The lowest BCUT2D eigenvalue weighted by Gasteiger charge is -2.10. The zero-order chi connectivity index (χ0) is 44.1. The lowest BCUT2D eigenvalue weighted by Crippen LogP contribution is -2.88. The van der Waals surface area contributed by atoms with Crippen molar-refractivity contribution >= 4 is 102 Å². The molecule has 0 aliphatic rings.